The maximum absolute atomic E-state index is 12.8. The first-order valence-corrected chi connectivity index (χ1v) is 5.25. The van der Waals surface area contributed by atoms with E-state index in [1.165, 1.54) is 12.1 Å². The Morgan fingerprint density at radius 1 is 1.44 bits per heavy atom. The van der Waals surface area contributed by atoms with Crippen LogP contribution in [0.3, 0.4) is 0 Å². The van der Waals surface area contributed by atoms with Gasteiger partial charge in [-0.1, -0.05) is 0 Å². The highest BCUT2D eigenvalue weighted by Gasteiger charge is 2.30. The van der Waals surface area contributed by atoms with Gasteiger partial charge in [-0.05, 0) is 37.1 Å². The largest absolute Gasteiger partial charge is 0.359 e. The molecule has 1 unspecified atom stereocenters. The molecule has 1 saturated heterocycles. The van der Waals surface area contributed by atoms with E-state index in [-0.39, 0.29) is 17.8 Å². The van der Waals surface area contributed by atoms with Gasteiger partial charge < -0.3 is 4.90 Å². The van der Waals surface area contributed by atoms with Crippen molar-refractivity contribution in [3.63, 3.8) is 0 Å². The number of nitrogens with two attached hydrogens (primary N) is 1. The van der Waals surface area contributed by atoms with Crippen LogP contribution in [0.15, 0.2) is 24.3 Å². The first-order valence-electron chi connectivity index (χ1n) is 5.25. The molecule has 1 amide bonds. The van der Waals surface area contributed by atoms with E-state index in [4.69, 9.17) is 5.84 Å². The van der Waals surface area contributed by atoms with Gasteiger partial charge in [-0.25, -0.2) is 10.2 Å². The second kappa shape index (κ2) is 4.49. The highest BCUT2D eigenvalue weighted by molar-refractivity contribution is 5.85. The summed E-state index contributed by atoms with van der Waals surface area (Å²) in [7, 11) is 0. The number of nitrogens with zero attached hydrogens (tertiary/aromatic N) is 1. The molecule has 1 heterocycles. The third kappa shape index (κ3) is 1.99. The fraction of sp³-hybridized carbons (Fsp3) is 0.364. The predicted octanol–water partition coefficient (Wildman–Crippen LogP) is 0.784. The fourth-order valence-corrected chi connectivity index (χ4v) is 2.08. The topological polar surface area (TPSA) is 58.4 Å². The van der Waals surface area contributed by atoms with Crippen LogP contribution >= 0.6 is 0 Å². The zero-order valence-corrected chi connectivity index (χ0v) is 8.82. The zero-order chi connectivity index (χ0) is 11.5. The summed E-state index contributed by atoms with van der Waals surface area (Å²) in [6.45, 7) is 0.795. The van der Waals surface area contributed by atoms with Crippen molar-refractivity contribution < 1.29 is 9.18 Å². The molecular formula is C11H14FN3O. The number of hydrogen-bond acceptors (Lipinski definition) is 3. The summed E-state index contributed by atoms with van der Waals surface area (Å²) in [6.07, 6.45) is 1.72. The van der Waals surface area contributed by atoms with Crippen LogP contribution in [-0.4, -0.2) is 18.5 Å². The molecule has 4 nitrogen and oxygen atoms in total. The van der Waals surface area contributed by atoms with E-state index in [0.29, 0.717) is 0 Å². The summed E-state index contributed by atoms with van der Waals surface area (Å²) in [5, 5.41) is 0. The van der Waals surface area contributed by atoms with E-state index in [9.17, 15) is 9.18 Å². The molecule has 0 spiro atoms. The van der Waals surface area contributed by atoms with Crippen LogP contribution in [0.1, 0.15) is 12.8 Å². The minimum atomic E-state index is -0.275. The maximum atomic E-state index is 12.8. The average Bonchev–Trinajstić information content (AvgIpc) is 2.78. The molecule has 0 saturated carbocycles. The van der Waals surface area contributed by atoms with Gasteiger partial charge in [0.2, 0.25) is 0 Å². The molecule has 1 aliphatic rings. The second-order valence-corrected chi connectivity index (χ2v) is 3.84. The number of hydrazine groups is 1. The van der Waals surface area contributed by atoms with E-state index in [1.807, 2.05) is 4.90 Å². The number of nitrogens with one attached hydrogen (secondary N) is 1. The molecule has 86 valence electrons. The van der Waals surface area contributed by atoms with Crippen LogP contribution in [0.4, 0.5) is 10.1 Å². The summed E-state index contributed by atoms with van der Waals surface area (Å²) in [6, 6.07) is 5.90. The van der Waals surface area contributed by atoms with Gasteiger partial charge in [0.15, 0.2) is 0 Å². The molecule has 0 aromatic heterocycles. The summed E-state index contributed by atoms with van der Waals surface area (Å²) < 4.78 is 12.8. The highest BCUT2D eigenvalue weighted by atomic mass is 19.1. The Bertz CT molecular complexity index is 379. The van der Waals surface area contributed by atoms with Gasteiger partial charge in [-0.15, -0.1) is 0 Å². The van der Waals surface area contributed by atoms with Gasteiger partial charge in [0.1, 0.15) is 11.9 Å². The van der Waals surface area contributed by atoms with Crippen molar-refractivity contribution in [3.05, 3.63) is 30.1 Å². The van der Waals surface area contributed by atoms with E-state index in [0.717, 1.165) is 25.1 Å². The molecule has 16 heavy (non-hydrogen) atoms. The van der Waals surface area contributed by atoms with Crippen molar-refractivity contribution in [2.24, 2.45) is 5.84 Å². The van der Waals surface area contributed by atoms with Crippen molar-refractivity contribution in [2.75, 3.05) is 11.4 Å². The quantitative estimate of drug-likeness (QED) is 0.442. The average molecular weight is 223 g/mol. The van der Waals surface area contributed by atoms with Crippen LogP contribution in [0.5, 0.6) is 0 Å². The van der Waals surface area contributed by atoms with Crippen molar-refractivity contribution in [1.29, 1.82) is 0 Å². The number of halogens is 1. The molecule has 1 atom stereocenters. The Labute approximate surface area is 93.2 Å². The molecule has 5 heteroatoms. The molecule has 0 aliphatic carbocycles. The minimum Gasteiger partial charge on any atom is -0.359 e. The summed E-state index contributed by atoms with van der Waals surface area (Å²) in [5.74, 6) is 4.66. The van der Waals surface area contributed by atoms with E-state index in [1.54, 1.807) is 12.1 Å². The first-order chi connectivity index (χ1) is 7.72. The number of carbonyl (C=O) groups is 1. The number of amides is 1. The zero-order valence-electron chi connectivity index (χ0n) is 8.82. The summed E-state index contributed by atoms with van der Waals surface area (Å²) in [4.78, 5) is 13.5. The Hall–Kier alpha value is -1.62. The lowest BCUT2D eigenvalue weighted by Gasteiger charge is -2.25. The fourth-order valence-electron chi connectivity index (χ4n) is 2.08. The minimum absolute atomic E-state index is 0.193. The van der Waals surface area contributed by atoms with Crippen LogP contribution in [0.2, 0.25) is 0 Å². The Kier molecular flexibility index (Phi) is 3.05. The Morgan fingerprint density at radius 3 is 2.75 bits per heavy atom. The van der Waals surface area contributed by atoms with Crippen LogP contribution in [-0.2, 0) is 4.79 Å². The number of anilines is 1. The normalized spacial score (nSPS) is 19.9. The molecule has 3 N–H and O–H groups in total. The first kappa shape index (κ1) is 10.9. The van der Waals surface area contributed by atoms with Gasteiger partial charge in [0.25, 0.3) is 5.91 Å². The van der Waals surface area contributed by atoms with Gasteiger partial charge in [0.05, 0.1) is 0 Å². The number of rotatable bonds is 2. The highest BCUT2D eigenvalue weighted by Crippen LogP contribution is 2.25. The van der Waals surface area contributed by atoms with E-state index >= 15 is 0 Å². The maximum Gasteiger partial charge on any atom is 0.256 e. The molecule has 1 fully saturated rings. The third-order valence-electron chi connectivity index (χ3n) is 2.86. The predicted molar refractivity (Wildman–Crippen MR) is 59.1 cm³/mol. The lowest BCUT2D eigenvalue weighted by molar-refractivity contribution is -0.122. The third-order valence-corrected chi connectivity index (χ3v) is 2.86. The summed E-state index contributed by atoms with van der Waals surface area (Å²) in [5.41, 5.74) is 3.02. The number of carbonyl (C=O) groups excluding carboxylic acids is 1. The molecule has 2 rings (SSSR count). The van der Waals surface area contributed by atoms with Gasteiger partial charge in [-0.3, -0.25) is 10.2 Å². The number of hydrogen-bond donors (Lipinski definition) is 2. The number of benzene rings is 1. The van der Waals surface area contributed by atoms with E-state index in [2.05, 4.69) is 5.43 Å². The SMILES string of the molecule is NNC(=O)C1CCCN1c1ccc(F)cc1. The van der Waals surface area contributed by atoms with Crippen molar-refractivity contribution in [1.82, 2.24) is 5.43 Å². The van der Waals surface area contributed by atoms with Crippen molar-refractivity contribution in [2.45, 2.75) is 18.9 Å². The van der Waals surface area contributed by atoms with Crippen LogP contribution in [0, 0.1) is 5.82 Å². The van der Waals surface area contributed by atoms with Crippen molar-refractivity contribution in [3.8, 4) is 0 Å². The van der Waals surface area contributed by atoms with Crippen LogP contribution < -0.4 is 16.2 Å². The molecule has 1 aromatic carbocycles. The summed E-state index contributed by atoms with van der Waals surface area (Å²) >= 11 is 0. The second-order valence-electron chi connectivity index (χ2n) is 3.84. The Balaban J connectivity index is 2.19. The monoisotopic (exact) mass is 223 g/mol. The smallest absolute Gasteiger partial charge is 0.256 e. The lowest BCUT2D eigenvalue weighted by atomic mass is 10.2. The van der Waals surface area contributed by atoms with E-state index < -0.39 is 0 Å². The van der Waals surface area contributed by atoms with Gasteiger partial charge in [0, 0.05) is 12.2 Å². The lowest BCUT2D eigenvalue weighted by Crippen LogP contribution is -2.46. The molecular weight excluding hydrogens is 209 g/mol. The molecule has 1 aromatic rings. The van der Waals surface area contributed by atoms with Gasteiger partial charge >= 0.3 is 0 Å². The molecule has 1 aliphatic heterocycles. The molecule has 0 radical (unpaired) electrons. The molecule has 0 bridgehead atoms. The Morgan fingerprint density at radius 2 is 2.12 bits per heavy atom. The van der Waals surface area contributed by atoms with Crippen LogP contribution in [0.25, 0.3) is 0 Å². The van der Waals surface area contributed by atoms with Crippen molar-refractivity contribution >= 4 is 11.6 Å². The standard InChI is InChI=1S/C11H14FN3O/c12-8-3-5-9(6-4-8)15-7-1-2-10(15)11(16)14-13/h3-6,10H,1-2,7,13H2,(H,14,16). The van der Waals surface area contributed by atoms with Gasteiger partial charge in [-0.2, -0.15) is 0 Å².